The molecule has 43 heavy (non-hydrogen) atoms. The molecule has 11 heteroatoms. The summed E-state index contributed by atoms with van der Waals surface area (Å²) in [5, 5.41) is 13.5. The smallest absolute Gasteiger partial charge is 0.254 e. The van der Waals surface area contributed by atoms with Crippen molar-refractivity contribution in [3.05, 3.63) is 29.8 Å². The van der Waals surface area contributed by atoms with E-state index in [4.69, 9.17) is 9.47 Å². The molecule has 4 amide bonds. The summed E-state index contributed by atoms with van der Waals surface area (Å²) in [7, 11) is 0. The first-order valence-electron chi connectivity index (χ1n) is 15.7. The molecule has 1 saturated carbocycles. The van der Waals surface area contributed by atoms with E-state index < -0.39 is 11.5 Å². The number of carbonyl (C=O) groups is 4. The van der Waals surface area contributed by atoms with Crippen LogP contribution in [0.2, 0.25) is 0 Å². The maximum Gasteiger partial charge on any atom is 0.254 e. The van der Waals surface area contributed by atoms with Crippen molar-refractivity contribution in [2.24, 2.45) is 11.3 Å². The van der Waals surface area contributed by atoms with E-state index in [1.807, 2.05) is 30.9 Å². The second-order valence-electron chi connectivity index (χ2n) is 13.0. The molecule has 1 aromatic rings. The summed E-state index contributed by atoms with van der Waals surface area (Å²) in [6, 6.07) is 6.71. The number of amides is 4. The molecule has 2 saturated heterocycles. The van der Waals surface area contributed by atoms with Crippen LogP contribution in [0.4, 0.5) is 0 Å². The third-order valence-electron chi connectivity index (χ3n) is 8.87. The molecular weight excluding hydrogens is 552 g/mol. The van der Waals surface area contributed by atoms with Crippen molar-refractivity contribution >= 4 is 24.1 Å². The molecule has 0 radical (unpaired) electrons. The standard InChI is InChI=1S/C32H48N4O7/c1-32(2,22-33-29(38)20-26(36(41)23-37)19-24-5-3-4-6-24)21-30(39)34-13-11-28(12-14-34)43-27-9-7-25(8-10-27)31(40)35-15-17-42-18-16-35/h7-10,23-24,26,28,41H,3-6,11-22H2,1-2H3,(H,33,38). The highest BCUT2D eigenvalue weighted by atomic mass is 16.5. The van der Waals surface area contributed by atoms with E-state index in [0.717, 1.165) is 25.7 Å². The minimum atomic E-state index is -0.538. The number of benzene rings is 1. The number of ether oxygens (including phenoxy) is 2. The quantitative estimate of drug-likeness (QED) is 0.202. The lowest BCUT2D eigenvalue weighted by atomic mass is 9.88. The molecule has 0 aromatic heterocycles. The van der Waals surface area contributed by atoms with E-state index in [-0.39, 0.29) is 30.2 Å². The van der Waals surface area contributed by atoms with Crippen LogP contribution in [0.1, 0.15) is 82.0 Å². The van der Waals surface area contributed by atoms with Gasteiger partial charge in [-0.05, 0) is 42.0 Å². The Balaban J connectivity index is 1.17. The molecule has 2 heterocycles. The van der Waals surface area contributed by atoms with E-state index in [1.165, 1.54) is 0 Å². The fraction of sp³-hybridized carbons (Fsp3) is 0.688. The predicted molar refractivity (Wildman–Crippen MR) is 159 cm³/mol. The molecule has 3 aliphatic rings. The fourth-order valence-corrected chi connectivity index (χ4v) is 6.25. The molecule has 4 rings (SSSR count). The highest BCUT2D eigenvalue weighted by molar-refractivity contribution is 5.94. The van der Waals surface area contributed by atoms with E-state index >= 15 is 0 Å². The van der Waals surface area contributed by atoms with Crippen molar-refractivity contribution in [3.63, 3.8) is 0 Å². The molecule has 2 aliphatic heterocycles. The summed E-state index contributed by atoms with van der Waals surface area (Å²) in [6.07, 6.45) is 7.17. The number of nitrogens with zero attached hydrogens (tertiary/aromatic N) is 3. The average molecular weight is 601 g/mol. The van der Waals surface area contributed by atoms with Crippen molar-refractivity contribution in [2.45, 2.75) is 83.8 Å². The Labute approximate surface area is 254 Å². The third-order valence-corrected chi connectivity index (χ3v) is 8.87. The van der Waals surface area contributed by atoms with Crippen LogP contribution in [-0.4, -0.2) is 102 Å². The minimum Gasteiger partial charge on any atom is -0.490 e. The molecule has 1 unspecified atom stereocenters. The van der Waals surface area contributed by atoms with Crippen molar-refractivity contribution in [1.82, 2.24) is 20.2 Å². The Bertz CT molecular complexity index is 1080. The topological polar surface area (TPSA) is 129 Å². The van der Waals surface area contributed by atoms with Gasteiger partial charge in [-0.1, -0.05) is 39.5 Å². The number of carbonyl (C=O) groups excluding carboxylic acids is 4. The molecular formula is C32H48N4O7. The molecule has 11 nitrogen and oxygen atoms in total. The molecule has 0 bridgehead atoms. The Kier molecular flexibility index (Phi) is 11.8. The average Bonchev–Trinajstić information content (AvgIpc) is 3.53. The monoisotopic (exact) mass is 600 g/mol. The van der Waals surface area contributed by atoms with Gasteiger partial charge in [0.2, 0.25) is 18.2 Å². The number of hydroxylamine groups is 2. The van der Waals surface area contributed by atoms with Gasteiger partial charge in [-0.15, -0.1) is 0 Å². The molecule has 1 atom stereocenters. The first-order chi connectivity index (χ1) is 20.6. The maximum atomic E-state index is 13.1. The maximum absolute atomic E-state index is 13.1. The molecule has 238 valence electrons. The normalized spacial score (nSPS) is 19.1. The van der Waals surface area contributed by atoms with Gasteiger partial charge >= 0.3 is 0 Å². The Morgan fingerprint density at radius 3 is 2.33 bits per heavy atom. The molecule has 0 spiro atoms. The van der Waals surface area contributed by atoms with Crippen molar-refractivity contribution in [2.75, 3.05) is 45.9 Å². The zero-order valence-electron chi connectivity index (χ0n) is 25.7. The fourth-order valence-electron chi connectivity index (χ4n) is 6.25. The van der Waals surface area contributed by atoms with Crippen LogP contribution < -0.4 is 10.1 Å². The summed E-state index contributed by atoms with van der Waals surface area (Å²) < 4.78 is 11.5. The lowest BCUT2D eigenvalue weighted by Gasteiger charge is -2.34. The van der Waals surface area contributed by atoms with Gasteiger partial charge in [-0.2, -0.15) is 0 Å². The first kappa shape index (κ1) is 32.7. The summed E-state index contributed by atoms with van der Waals surface area (Å²) in [5.41, 5.74) is 0.180. The lowest BCUT2D eigenvalue weighted by molar-refractivity contribution is -0.163. The van der Waals surface area contributed by atoms with Crippen molar-refractivity contribution < 1.29 is 33.9 Å². The number of nitrogens with one attached hydrogen (secondary N) is 1. The van der Waals surface area contributed by atoms with Crippen LogP contribution in [-0.2, 0) is 19.1 Å². The zero-order chi connectivity index (χ0) is 30.8. The van der Waals surface area contributed by atoms with E-state index in [1.54, 1.807) is 17.0 Å². The Morgan fingerprint density at radius 1 is 1.05 bits per heavy atom. The van der Waals surface area contributed by atoms with E-state index in [0.29, 0.717) is 100 Å². The lowest BCUT2D eigenvalue weighted by Crippen LogP contribution is -2.45. The Hall–Kier alpha value is -3.18. The van der Waals surface area contributed by atoms with Crippen LogP contribution >= 0.6 is 0 Å². The molecule has 2 N–H and O–H groups in total. The third kappa shape index (κ3) is 9.92. The Morgan fingerprint density at radius 2 is 1.70 bits per heavy atom. The summed E-state index contributed by atoms with van der Waals surface area (Å²) in [5.74, 6) is 0.949. The number of hydrogen-bond donors (Lipinski definition) is 2. The zero-order valence-corrected chi connectivity index (χ0v) is 25.7. The van der Waals surface area contributed by atoms with Gasteiger partial charge < -0.3 is 24.6 Å². The molecule has 1 aromatic carbocycles. The van der Waals surface area contributed by atoms with Gasteiger partial charge in [-0.3, -0.25) is 24.4 Å². The van der Waals surface area contributed by atoms with E-state index in [2.05, 4.69) is 5.32 Å². The highest BCUT2D eigenvalue weighted by Crippen LogP contribution is 2.30. The first-order valence-corrected chi connectivity index (χ1v) is 15.7. The van der Waals surface area contributed by atoms with Gasteiger partial charge in [0.05, 0.1) is 19.3 Å². The number of morpholine rings is 1. The van der Waals surface area contributed by atoms with Gasteiger partial charge in [-0.25, -0.2) is 5.06 Å². The van der Waals surface area contributed by atoms with Crippen molar-refractivity contribution in [3.8, 4) is 5.75 Å². The van der Waals surface area contributed by atoms with Gasteiger partial charge in [0.15, 0.2) is 0 Å². The van der Waals surface area contributed by atoms with E-state index in [9.17, 15) is 24.4 Å². The highest BCUT2D eigenvalue weighted by Gasteiger charge is 2.31. The van der Waals surface area contributed by atoms with Gasteiger partial charge in [0.1, 0.15) is 11.9 Å². The number of likely N-dealkylation sites (tertiary alicyclic amines) is 1. The van der Waals surface area contributed by atoms with Crippen LogP contribution in [0.3, 0.4) is 0 Å². The van der Waals surface area contributed by atoms with Crippen LogP contribution in [0.5, 0.6) is 5.75 Å². The van der Waals surface area contributed by atoms with Gasteiger partial charge in [0, 0.05) is 64.0 Å². The number of rotatable bonds is 13. The van der Waals surface area contributed by atoms with Crippen LogP contribution in [0, 0.1) is 11.3 Å². The molecule has 1 aliphatic carbocycles. The number of hydrogen-bond acceptors (Lipinski definition) is 7. The number of piperidine rings is 1. The SMILES string of the molecule is CC(C)(CNC(=O)CC(CC1CCCC1)N(O)C=O)CC(=O)N1CCC(Oc2ccc(C(=O)N3CCOCC3)cc2)CC1. The largest absolute Gasteiger partial charge is 0.490 e. The summed E-state index contributed by atoms with van der Waals surface area (Å²) in [4.78, 5) is 53.3. The van der Waals surface area contributed by atoms with Crippen molar-refractivity contribution in [1.29, 1.82) is 0 Å². The predicted octanol–water partition coefficient (Wildman–Crippen LogP) is 3.25. The minimum absolute atomic E-state index is 0.00220. The van der Waals surface area contributed by atoms with Crippen LogP contribution in [0.15, 0.2) is 24.3 Å². The second kappa shape index (κ2) is 15.5. The molecule has 3 fully saturated rings. The summed E-state index contributed by atoms with van der Waals surface area (Å²) in [6.45, 7) is 7.76. The van der Waals surface area contributed by atoms with Gasteiger partial charge in [0.25, 0.3) is 5.91 Å². The summed E-state index contributed by atoms with van der Waals surface area (Å²) >= 11 is 0. The second-order valence-corrected chi connectivity index (χ2v) is 13.0. The van der Waals surface area contributed by atoms with Crippen LogP contribution in [0.25, 0.3) is 0 Å².